The third-order valence-corrected chi connectivity index (χ3v) is 6.00. The van der Waals surface area contributed by atoms with Crippen molar-refractivity contribution in [1.29, 1.82) is 0 Å². The number of rotatable bonds is 3. The van der Waals surface area contributed by atoms with E-state index >= 15 is 0 Å². The fourth-order valence-corrected chi connectivity index (χ4v) is 4.38. The van der Waals surface area contributed by atoms with E-state index in [0.29, 0.717) is 5.69 Å². The maximum absolute atomic E-state index is 12.5. The fourth-order valence-electron chi connectivity index (χ4n) is 1.83. The number of nitrogens with zero attached hydrogens (tertiary/aromatic N) is 1. The Bertz CT molecular complexity index is 806. The molecule has 2 rings (SSSR count). The van der Waals surface area contributed by atoms with Gasteiger partial charge in [0.25, 0.3) is 0 Å². The van der Waals surface area contributed by atoms with E-state index in [1.54, 1.807) is 45.2 Å². The van der Waals surface area contributed by atoms with E-state index in [1.165, 1.54) is 12.1 Å². The van der Waals surface area contributed by atoms with Crippen molar-refractivity contribution in [3.05, 3.63) is 35.3 Å². The zero-order chi connectivity index (χ0) is 17.3. The Morgan fingerprint density at radius 1 is 1.26 bits per heavy atom. The van der Waals surface area contributed by atoms with E-state index in [4.69, 9.17) is 4.74 Å². The molecule has 0 radical (unpaired) electrons. The molecule has 8 heteroatoms. The van der Waals surface area contributed by atoms with Gasteiger partial charge >= 0.3 is 6.09 Å². The number of hydrogen-bond donors (Lipinski definition) is 1. The summed E-state index contributed by atoms with van der Waals surface area (Å²) >= 11 is 1.15. The highest BCUT2D eigenvalue weighted by molar-refractivity contribution is 7.93. The Morgan fingerprint density at radius 2 is 1.96 bits per heavy atom. The highest BCUT2D eigenvalue weighted by Crippen LogP contribution is 2.27. The number of carbonyl (C=O) groups excluding carboxylic acids is 1. The van der Waals surface area contributed by atoms with Crippen molar-refractivity contribution in [1.82, 2.24) is 4.98 Å². The topological polar surface area (TPSA) is 85.4 Å². The molecule has 0 fully saturated rings. The van der Waals surface area contributed by atoms with Crippen LogP contribution in [0.1, 0.15) is 26.5 Å². The van der Waals surface area contributed by atoms with Crippen molar-refractivity contribution in [2.45, 2.75) is 42.4 Å². The van der Waals surface area contributed by atoms with Gasteiger partial charge in [0.05, 0.1) is 10.6 Å². The van der Waals surface area contributed by atoms with Crippen molar-refractivity contribution in [3.8, 4) is 0 Å². The van der Waals surface area contributed by atoms with Crippen LogP contribution in [-0.2, 0) is 14.6 Å². The van der Waals surface area contributed by atoms with Crippen LogP contribution in [0.15, 0.2) is 38.8 Å². The number of amides is 1. The number of carbonyl (C=O) groups is 1. The first-order chi connectivity index (χ1) is 10.6. The summed E-state index contributed by atoms with van der Waals surface area (Å²) in [6.45, 7) is 6.84. The predicted molar refractivity (Wildman–Crippen MR) is 88.6 cm³/mol. The largest absolute Gasteiger partial charge is 0.444 e. The predicted octanol–water partition coefficient (Wildman–Crippen LogP) is 3.63. The Balaban J connectivity index is 2.24. The van der Waals surface area contributed by atoms with E-state index in [1.807, 2.05) is 0 Å². The molecule has 1 amide bonds. The van der Waals surface area contributed by atoms with Crippen LogP contribution in [0.2, 0.25) is 0 Å². The van der Waals surface area contributed by atoms with Crippen LogP contribution in [0.3, 0.4) is 0 Å². The average molecular weight is 354 g/mol. The Hall–Kier alpha value is -1.93. The van der Waals surface area contributed by atoms with E-state index in [-0.39, 0.29) is 14.9 Å². The lowest BCUT2D eigenvalue weighted by Crippen LogP contribution is -2.27. The zero-order valence-electron chi connectivity index (χ0n) is 13.3. The summed E-state index contributed by atoms with van der Waals surface area (Å²) in [6, 6.07) is 6.10. The summed E-state index contributed by atoms with van der Waals surface area (Å²) in [6.07, 6.45) is -0.640. The first-order valence-electron chi connectivity index (χ1n) is 6.86. The lowest BCUT2D eigenvalue weighted by molar-refractivity contribution is 0.0635. The summed E-state index contributed by atoms with van der Waals surface area (Å²) in [5, 5.41) is 4.19. The van der Waals surface area contributed by atoms with Crippen molar-refractivity contribution in [3.63, 3.8) is 0 Å². The van der Waals surface area contributed by atoms with Crippen LogP contribution >= 0.6 is 11.3 Å². The normalized spacial score (nSPS) is 12.0. The number of ether oxygens (including phenoxy) is 1. The molecule has 0 aromatic carbocycles. The molecule has 124 valence electrons. The molecule has 6 nitrogen and oxygen atoms in total. The first-order valence-corrected chi connectivity index (χ1v) is 9.22. The number of thiophene rings is 1. The monoisotopic (exact) mass is 354 g/mol. The summed E-state index contributed by atoms with van der Waals surface area (Å²) in [7, 11) is -3.59. The van der Waals surface area contributed by atoms with Gasteiger partial charge in [0.2, 0.25) is 9.84 Å². The molecule has 0 atom stereocenters. The average Bonchev–Trinajstić information content (AvgIpc) is 2.90. The van der Waals surface area contributed by atoms with Crippen LogP contribution < -0.4 is 5.32 Å². The smallest absolute Gasteiger partial charge is 0.413 e. The third kappa shape index (κ3) is 4.29. The number of anilines is 1. The molecule has 2 heterocycles. The van der Waals surface area contributed by atoms with Gasteiger partial charge in [0, 0.05) is 0 Å². The van der Waals surface area contributed by atoms with Crippen molar-refractivity contribution in [2.24, 2.45) is 0 Å². The van der Waals surface area contributed by atoms with Crippen LogP contribution in [0.5, 0.6) is 0 Å². The van der Waals surface area contributed by atoms with Gasteiger partial charge in [0.1, 0.15) is 15.6 Å². The van der Waals surface area contributed by atoms with Crippen molar-refractivity contribution in [2.75, 3.05) is 5.32 Å². The van der Waals surface area contributed by atoms with E-state index in [0.717, 1.165) is 11.3 Å². The van der Waals surface area contributed by atoms with Crippen LogP contribution in [0.4, 0.5) is 10.6 Å². The SMILES string of the molecule is Cc1nc(NC(=O)OC(C)(C)C)ccc1S(=O)(=O)c1cccs1. The Morgan fingerprint density at radius 3 is 2.48 bits per heavy atom. The minimum atomic E-state index is -3.59. The van der Waals surface area contributed by atoms with Gasteiger partial charge in [-0.25, -0.2) is 18.2 Å². The molecule has 0 aliphatic heterocycles. The summed E-state index contributed by atoms with van der Waals surface area (Å²) in [5.41, 5.74) is -0.311. The van der Waals surface area contributed by atoms with Crippen LogP contribution in [0, 0.1) is 6.92 Å². The molecule has 2 aromatic rings. The molecule has 0 aliphatic rings. The second-order valence-corrected chi connectivity index (χ2v) is 8.94. The Labute approximate surface area is 139 Å². The number of nitrogens with one attached hydrogen (secondary N) is 1. The molecule has 2 aromatic heterocycles. The van der Waals surface area contributed by atoms with Gasteiger partial charge in [0.15, 0.2) is 0 Å². The van der Waals surface area contributed by atoms with E-state index < -0.39 is 21.5 Å². The van der Waals surface area contributed by atoms with E-state index in [2.05, 4.69) is 10.3 Å². The second-order valence-electron chi connectivity index (χ2n) is 5.84. The maximum Gasteiger partial charge on any atom is 0.413 e. The molecular weight excluding hydrogens is 336 g/mol. The van der Waals surface area contributed by atoms with Crippen LogP contribution in [0.25, 0.3) is 0 Å². The number of sulfone groups is 1. The molecule has 23 heavy (non-hydrogen) atoms. The minimum Gasteiger partial charge on any atom is -0.444 e. The number of hydrogen-bond acceptors (Lipinski definition) is 6. The van der Waals surface area contributed by atoms with Gasteiger partial charge in [-0.2, -0.15) is 0 Å². The number of aryl methyl sites for hydroxylation is 1. The van der Waals surface area contributed by atoms with E-state index in [9.17, 15) is 13.2 Å². The molecule has 0 aliphatic carbocycles. The molecule has 0 saturated heterocycles. The summed E-state index contributed by atoms with van der Waals surface area (Å²) in [4.78, 5) is 16.0. The lowest BCUT2D eigenvalue weighted by Gasteiger charge is -2.19. The van der Waals surface area contributed by atoms with Gasteiger partial charge in [-0.3, -0.25) is 5.32 Å². The lowest BCUT2D eigenvalue weighted by atomic mass is 10.2. The number of aromatic nitrogens is 1. The van der Waals surface area contributed by atoms with Gasteiger partial charge < -0.3 is 4.74 Å². The standard InChI is InChI=1S/C15H18N2O4S2/c1-10-11(23(19,20)13-6-5-9-22-13)7-8-12(16-10)17-14(18)21-15(2,3)4/h5-9H,1-4H3,(H,16,17,18). The summed E-state index contributed by atoms with van der Waals surface area (Å²) < 4.78 is 30.4. The molecule has 1 N–H and O–H groups in total. The fraction of sp³-hybridized carbons (Fsp3) is 0.333. The quantitative estimate of drug-likeness (QED) is 0.909. The van der Waals surface area contributed by atoms with Crippen molar-refractivity contribution >= 4 is 33.1 Å². The first kappa shape index (κ1) is 17.4. The minimum absolute atomic E-state index is 0.120. The Kier molecular flexibility index (Phi) is 4.76. The van der Waals surface area contributed by atoms with Crippen LogP contribution in [-0.4, -0.2) is 25.1 Å². The van der Waals surface area contributed by atoms with Crippen molar-refractivity contribution < 1.29 is 17.9 Å². The molecule has 0 saturated carbocycles. The van der Waals surface area contributed by atoms with Gasteiger partial charge in [-0.1, -0.05) is 6.07 Å². The third-order valence-electron chi connectivity index (χ3n) is 2.72. The molecule has 0 bridgehead atoms. The zero-order valence-corrected chi connectivity index (χ0v) is 14.9. The van der Waals surface area contributed by atoms with Gasteiger partial charge in [-0.05, 0) is 51.3 Å². The highest BCUT2D eigenvalue weighted by Gasteiger charge is 2.22. The highest BCUT2D eigenvalue weighted by atomic mass is 32.2. The summed E-state index contributed by atoms with van der Waals surface area (Å²) in [5.74, 6) is 0.238. The second kappa shape index (κ2) is 6.29. The maximum atomic E-state index is 12.5. The molecule has 0 unspecified atom stereocenters. The molecular formula is C15H18N2O4S2. The molecule has 0 spiro atoms. The van der Waals surface area contributed by atoms with Gasteiger partial charge in [-0.15, -0.1) is 11.3 Å². The number of pyridine rings is 1.